The Bertz CT molecular complexity index is 1150. The van der Waals surface area contributed by atoms with Crippen molar-refractivity contribution in [3.8, 4) is 33.9 Å². The highest BCUT2D eigenvalue weighted by Crippen LogP contribution is 2.40. The van der Waals surface area contributed by atoms with Gasteiger partial charge in [0.2, 0.25) is 5.06 Å². The minimum absolute atomic E-state index is 0.240. The summed E-state index contributed by atoms with van der Waals surface area (Å²) in [6.45, 7) is 6.03. The summed E-state index contributed by atoms with van der Waals surface area (Å²) >= 11 is 7.60. The topological polar surface area (TPSA) is 79.5 Å². The van der Waals surface area contributed by atoms with Gasteiger partial charge in [0.25, 0.3) is 0 Å². The van der Waals surface area contributed by atoms with E-state index >= 15 is 0 Å². The maximum atomic E-state index is 9.74. The molecule has 0 aliphatic rings. The molecule has 1 N–H and O–H groups in total. The number of aromatic nitrogens is 1. The fraction of sp³-hybridized carbons (Fsp3) is 0.261. The summed E-state index contributed by atoms with van der Waals surface area (Å²) in [5.41, 5.74) is 3.28. The largest absolute Gasteiger partial charge is 0.497 e. The van der Waals surface area contributed by atoms with Crippen LogP contribution in [-0.2, 0) is 0 Å². The van der Waals surface area contributed by atoms with E-state index in [1.807, 2.05) is 44.3 Å². The van der Waals surface area contributed by atoms with Crippen LogP contribution in [0.5, 0.6) is 16.6 Å². The minimum Gasteiger partial charge on any atom is -0.497 e. The van der Waals surface area contributed by atoms with Gasteiger partial charge in [-0.3, -0.25) is 0 Å². The molecule has 0 saturated heterocycles. The predicted molar refractivity (Wildman–Crippen MR) is 126 cm³/mol. The number of nitrogens with one attached hydrogen (secondary N) is 1. The fourth-order valence-corrected chi connectivity index (χ4v) is 3.86. The van der Waals surface area contributed by atoms with Crippen LogP contribution in [0.25, 0.3) is 11.3 Å². The summed E-state index contributed by atoms with van der Waals surface area (Å²) in [6, 6.07) is 13.2. The van der Waals surface area contributed by atoms with Crippen molar-refractivity contribution in [2.45, 2.75) is 20.8 Å². The summed E-state index contributed by atoms with van der Waals surface area (Å²) < 4.78 is 15.7. The first-order chi connectivity index (χ1) is 14.9. The molecule has 0 fully saturated rings. The van der Waals surface area contributed by atoms with E-state index < -0.39 is 0 Å². The van der Waals surface area contributed by atoms with Crippen molar-refractivity contribution in [2.24, 2.45) is 10.9 Å². The number of nitrogens with zero attached hydrogens (tertiary/aromatic N) is 3. The minimum atomic E-state index is 0.240. The van der Waals surface area contributed by atoms with E-state index in [1.54, 1.807) is 13.2 Å². The molecular weight excluding hydrogens is 432 g/mol. The lowest BCUT2D eigenvalue weighted by atomic mass is 10.1. The second-order valence-corrected chi connectivity index (χ2v) is 8.25. The lowest BCUT2D eigenvalue weighted by Gasteiger charge is -2.12. The van der Waals surface area contributed by atoms with Crippen LogP contribution in [0.15, 0.2) is 41.4 Å². The molecular formula is C23H23ClN4O2S. The summed E-state index contributed by atoms with van der Waals surface area (Å²) in [4.78, 5) is 4.62. The number of nitriles is 1. The molecule has 0 bridgehead atoms. The van der Waals surface area contributed by atoms with Crippen LogP contribution in [0.2, 0.25) is 5.02 Å². The van der Waals surface area contributed by atoms with E-state index in [0.717, 1.165) is 34.2 Å². The van der Waals surface area contributed by atoms with E-state index in [-0.39, 0.29) is 5.92 Å². The van der Waals surface area contributed by atoms with Gasteiger partial charge in [0.15, 0.2) is 0 Å². The van der Waals surface area contributed by atoms with Crippen molar-refractivity contribution in [3.63, 3.8) is 0 Å². The molecule has 160 valence electrons. The van der Waals surface area contributed by atoms with E-state index in [0.29, 0.717) is 32.8 Å². The van der Waals surface area contributed by atoms with Crippen LogP contribution in [0.3, 0.4) is 0 Å². The van der Waals surface area contributed by atoms with Gasteiger partial charge in [-0.15, -0.1) is 0 Å². The molecule has 0 aliphatic carbocycles. The molecule has 3 rings (SSSR count). The number of halogens is 1. The van der Waals surface area contributed by atoms with Gasteiger partial charge in [-0.2, -0.15) is 9.64 Å². The monoisotopic (exact) mass is 454 g/mol. The lowest BCUT2D eigenvalue weighted by Crippen LogP contribution is -2.23. The predicted octanol–water partition coefficient (Wildman–Crippen LogP) is 6.35. The van der Waals surface area contributed by atoms with Crippen LogP contribution in [0.1, 0.15) is 25.0 Å². The number of hydrogen-bond donors (Lipinski definition) is 1. The van der Waals surface area contributed by atoms with Gasteiger partial charge in [0.05, 0.1) is 17.8 Å². The third-order valence-electron chi connectivity index (χ3n) is 4.63. The zero-order valence-electron chi connectivity index (χ0n) is 18.0. The standard InChI is InChI=1S/C23H23ClN4O2S/c1-13(2)22(26-4)27-19-10-14(3)20(11-18(19)24)30-23-17(12-25)21(28-31-23)15-6-8-16(29-5)9-7-15/h6-11,13H,1-5H3,(H,26,27). The molecule has 0 atom stereocenters. The molecule has 1 aromatic heterocycles. The molecule has 8 heteroatoms. The summed E-state index contributed by atoms with van der Waals surface area (Å²) in [6.07, 6.45) is 0. The maximum Gasteiger partial charge on any atom is 0.218 e. The number of aryl methyl sites for hydroxylation is 1. The molecule has 0 unspecified atom stereocenters. The van der Waals surface area contributed by atoms with Crippen molar-refractivity contribution in [2.75, 3.05) is 14.2 Å². The van der Waals surface area contributed by atoms with Gasteiger partial charge < -0.3 is 14.8 Å². The SMILES string of the molecule is CNC(=Nc1cc(C)c(Oc2snc(-c3ccc(OC)cc3)c2C#N)cc1Cl)C(C)C. The van der Waals surface area contributed by atoms with Crippen LogP contribution in [-0.4, -0.2) is 24.4 Å². The third kappa shape index (κ3) is 4.98. The van der Waals surface area contributed by atoms with Gasteiger partial charge >= 0.3 is 0 Å². The molecule has 0 spiro atoms. The van der Waals surface area contributed by atoms with Crippen molar-refractivity contribution in [1.82, 2.24) is 9.69 Å². The Kier molecular flexibility index (Phi) is 7.16. The zero-order valence-corrected chi connectivity index (χ0v) is 19.6. The first kappa shape index (κ1) is 22.6. The van der Waals surface area contributed by atoms with Crippen LogP contribution in [0.4, 0.5) is 5.69 Å². The van der Waals surface area contributed by atoms with E-state index in [9.17, 15) is 5.26 Å². The Balaban J connectivity index is 1.93. The molecule has 6 nitrogen and oxygen atoms in total. The van der Waals surface area contributed by atoms with E-state index in [1.165, 1.54) is 0 Å². The molecule has 1 heterocycles. The number of rotatable bonds is 6. The Morgan fingerprint density at radius 2 is 1.97 bits per heavy atom. The molecule has 0 radical (unpaired) electrons. The molecule has 0 aliphatic heterocycles. The number of amidine groups is 1. The second-order valence-electron chi connectivity index (χ2n) is 7.11. The smallest absolute Gasteiger partial charge is 0.218 e. The van der Waals surface area contributed by atoms with E-state index in [4.69, 9.17) is 21.1 Å². The third-order valence-corrected chi connectivity index (χ3v) is 5.66. The Labute approximate surface area is 191 Å². The molecule has 0 saturated carbocycles. The highest BCUT2D eigenvalue weighted by molar-refractivity contribution is 7.08. The van der Waals surface area contributed by atoms with Crippen molar-refractivity contribution in [1.29, 1.82) is 5.26 Å². The number of ether oxygens (including phenoxy) is 2. The molecule has 2 aromatic carbocycles. The number of aliphatic imine (C=N–C) groups is 1. The molecule has 0 amide bonds. The summed E-state index contributed by atoms with van der Waals surface area (Å²) in [5.74, 6) is 2.37. The van der Waals surface area contributed by atoms with Gasteiger partial charge in [-0.25, -0.2) is 4.99 Å². The first-order valence-electron chi connectivity index (χ1n) is 9.66. The van der Waals surface area contributed by atoms with Crippen LogP contribution < -0.4 is 14.8 Å². The van der Waals surface area contributed by atoms with E-state index in [2.05, 4.69) is 34.6 Å². The zero-order chi connectivity index (χ0) is 22.5. The van der Waals surface area contributed by atoms with Gasteiger partial charge in [0, 0.05) is 36.1 Å². The average Bonchev–Trinajstić information content (AvgIpc) is 3.17. The molecule has 3 aromatic rings. The number of benzene rings is 2. The lowest BCUT2D eigenvalue weighted by molar-refractivity contribution is 0.415. The van der Waals surface area contributed by atoms with Crippen LogP contribution in [0, 0.1) is 24.2 Å². The number of methoxy groups -OCH3 is 1. The second kappa shape index (κ2) is 9.82. The molecule has 31 heavy (non-hydrogen) atoms. The highest BCUT2D eigenvalue weighted by atomic mass is 35.5. The quantitative estimate of drug-likeness (QED) is 0.346. The first-order valence-corrected chi connectivity index (χ1v) is 10.8. The highest BCUT2D eigenvalue weighted by Gasteiger charge is 2.19. The Hall–Kier alpha value is -3.08. The Morgan fingerprint density at radius 1 is 1.26 bits per heavy atom. The summed E-state index contributed by atoms with van der Waals surface area (Å²) in [7, 11) is 3.45. The summed E-state index contributed by atoms with van der Waals surface area (Å²) in [5, 5.41) is 13.7. The van der Waals surface area contributed by atoms with Gasteiger partial charge in [-0.05, 0) is 42.8 Å². The number of hydrogen-bond acceptors (Lipinski definition) is 6. The van der Waals surface area contributed by atoms with Gasteiger partial charge in [-0.1, -0.05) is 25.4 Å². The maximum absolute atomic E-state index is 9.74. The van der Waals surface area contributed by atoms with Crippen molar-refractivity contribution >= 4 is 34.7 Å². The Morgan fingerprint density at radius 3 is 2.55 bits per heavy atom. The normalized spacial score (nSPS) is 11.4. The average molecular weight is 455 g/mol. The fourth-order valence-electron chi connectivity index (χ4n) is 2.94. The van der Waals surface area contributed by atoms with Crippen molar-refractivity contribution < 1.29 is 9.47 Å². The van der Waals surface area contributed by atoms with Gasteiger partial charge in [0.1, 0.15) is 34.7 Å². The van der Waals surface area contributed by atoms with Crippen LogP contribution >= 0.6 is 23.1 Å². The van der Waals surface area contributed by atoms with Crippen molar-refractivity contribution in [3.05, 3.63) is 52.5 Å².